The summed E-state index contributed by atoms with van der Waals surface area (Å²) >= 11 is 0. The molecule has 1 aliphatic carbocycles. The summed E-state index contributed by atoms with van der Waals surface area (Å²) in [5.74, 6) is 1.85. The number of phenolic OH excluding ortho intramolecular Hbond substituents is 1. The lowest BCUT2D eigenvalue weighted by Crippen LogP contribution is -2.31. The minimum atomic E-state index is 0.273. The maximum atomic E-state index is 9.56. The summed E-state index contributed by atoms with van der Waals surface area (Å²) in [6.45, 7) is 4.22. The molecule has 1 aromatic heterocycles. The molecule has 1 fully saturated rings. The molecule has 37 heavy (non-hydrogen) atoms. The van der Waals surface area contributed by atoms with Crippen LogP contribution >= 0.6 is 0 Å². The zero-order chi connectivity index (χ0) is 25.2. The number of hydrogen-bond donors (Lipinski definition) is 2. The summed E-state index contributed by atoms with van der Waals surface area (Å²) in [5, 5.41) is 17.5. The number of piperidine rings is 1. The third-order valence-electron chi connectivity index (χ3n) is 7.58. The first kappa shape index (κ1) is 23.6. The summed E-state index contributed by atoms with van der Waals surface area (Å²) in [6.07, 6.45) is 5.83. The van der Waals surface area contributed by atoms with Crippen LogP contribution < -0.4 is 9.47 Å². The summed E-state index contributed by atoms with van der Waals surface area (Å²) in [7, 11) is 1.70. The molecule has 2 aliphatic rings. The number of aromatic hydroxyl groups is 1. The van der Waals surface area contributed by atoms with Gasteiger partial charge in [0, 0.05) is 29.7 Å². The van der Waals surface area contributed by atoms with Crippen molar-refractivity contribution in [2.45, 2.75) is 32.1 Å². The minimum absolute atomic E-state index is 0.273. The SMILES string of the molecule is COc1cc2c(cc1OCCCN1CCCCC1)Cc1c(-c3ccc(-c4ccc(O)cc4)cc3)n[nH]c1-2. The van der Waals surface area contributed by atoms with Gasteiger partial charge in [0.2, 0.25) is 0 Å². The van der Waals surface area contributed by atoms with Crippen molar-refractivity contribution in [3.05, 3.63) is 71.8 Å². The van der Waals surface area contributed by atoms with E-state index in [1.807, 2.05) is 12.1 Å². The first-order chi connectivity index (χ1) is 18.2. The van der Waals surface area contributed by atoms with Crippen molar-refractivity contribution in [2.24, 2.45) is 0 Å². The molecular formula is C31H33N3O3. The minimum Gasteiger partial charge on any atom is -0.508 e. The highest BCUT2D eigenvalue weighted by molar-refractivity contribution is 5.83. The Balaban J connectivity index is 1.17. The fraction of sp³-hybridized carbons (Fsp3) is 0.323. The summed E-state index contributed by atoms with van der Waals surface area (Å²) in [5.41, 5.74) is 8.86. The second kappa shape index (κ2) is 10.3. The van der Waals surface area contributed by atoms with Crippen LogP contribution in [0, 0.1) is 0 Å². The lowest BCUT2D eigenvalue weighted by molar-refractivity contribution is 0.203. The molecular weight excluding hydrogens is 462 g/mol. The van der Waals surface area contributed by atoms with Gasteiger partial charge in [-0.15, -0.1) is 0 Å². The zero-order valence-corrected chi connectivity index (χ0v) is 21.3. The van der Waals surface area contributed by atoms with E-state index in [0.29, 0.717) is 6.61 Å². The molecule has 3 aromatic carbocycles. The van der Waals surface area contributed by atoms with E-state index in [0.717, 1.165) is 64.5 Å². The van der Waals surface area contributed by atoms with Gasteiger partial charge in [0.05, 0.1) is 25.1 Å². The Morgan fingerprint density at radius 1 is 0.892 bits per heavy atom. The van der Waals surface area contributed by atoms with Gasteiger partial charge in [-0.25, -0.2) is 0 Å². The van der Waals surface area contributed by atoms with Gasteiger partial charge in [-0.1, -0.05) is 42.8 Å². The predicted octanol–water partition coefficient (Wildman–Crippen LogP) is 6.28. The summed E-state index contributed by atoms with van der Waals surface area (Å²) in [6, 6.07) is 19.9. The average molecular weight is 496 g/mol. The zero-order valence-electron chi connectivity index (χ0n) is 21.3. The van der Waals surface area contributed by atoms with Crippen LogP contribution in [0.2, 0.25) is 0 Å². The number of hydrogen-bond acceptors (Lipinski definition) is 5. The average Bonchev–Trinajstić information content (AvgIpc) is 3.51. The first-order valence-electron chi connectivity index (χ1n) is 13.2. The van der Waals surface area contributed by atoms with Crippen molar-refractivity contribution in [3.63, 3.8) is 0 Å². The van der Waals surface area contributed by atoms with Gasteiger partial charge in [-0.05, 0) is 73.3 Å². The highest BCUT2D eigenvalue weighted by atomic mass is 16.5. The number of nitrogens with zero attached hydrogens (tertiary/aromatic N) is 2. The number of methoxy groups -OCH3 is 1. The molecule has 0 amide bonds. The van der Waals surface area contributed by atoms with Crippen molar-refractivity contribution in [1.29, 1.82) is 0 Å². The summed E-state index contributed by atoms with van der Waals surface area (Å²) < 4.78 is 11.9. The van der Waals surface area contributed by atoms with Gasteiger partial charge >= 0.3 is 0 Å². The van der Waals surface area contributed by atoms with E-state index in [9.17, 15) is 5.11 Å². The largest absolute Gasteiger partial charge is 0.508 e. The van der Waals surface area contributed by atoms with E-state index in [1.165, 1.54) is 43.5 Å². The van der Waals surface area contributed by atoms with E-state index in [1.54, 1.807) is 19.2 Å². The smallest absolute Gasteiger partial charge is 0.161 e. The molecule has 2 N–H and O–H groups in total. The van der Waals surface area contributed by atoms with Crippen LogP contribution in [-0.4, -0.2) is 53.6 Å². The molecule has 6 nitrogen and oxygen atoms in total. The van der Waals surface area contributed by atoms with Crippen LogP contribution in [0.3, 0.4) is 0 Å². The fourth-order valence-corrected chi connectivity index (χ4v) is 5.57. The lowest BCUT2D eigenvalue weighted by atomic mass is 10.0. The second-order valence-electron chi connectivity index (χ2n) is 9.99. The quantitative estimate of drug-likeness (QED) is 0.248. The Morgan fingerprint density at radius 2 is 1.59 bits per heavy atom. The van der Waals surface area contributed by atoms with Crippen LogP contribution in [0.15, 0.2) is 60.7 Å². The number of ether oxygens (including phenoxy) is 2. The highest BCUT2D eigenvalue weighted by Gasteiger charge is 2.27. The fourth-order valence-electron chi connectivity index (χ4n) is 5.57. The van der Waals surface area contributed by atoms with E-state index in [2.05, 4.69) is 51.5 Å². The molecule has 0 bridgehead atoms. The number of fused-ring (bicyclic) bond motifs is 3. The first-order valence-corrected chi connectivity index (χ1v) is 13.2. The number of rotatable bonds is 8. The number of nitrogens with one attached hydrogen (secondary N) is 1. The molecule has 190 valence electrons. The van der Waals surface area contributed by atoms with Crippen molar-refractivity contribution in [1.82, 2.24) is 15.1 Å². The molecule has 6 heteroatoms. The van der Waals surface area contributed by atoms with E-state index < -0.39 is 0 Å². The molecule has 2 heterocycles. The van der Waals surface area contributed by atoms with Gasteiger partial charge in [0.25, 0.3) is 0 Å². The van der Waals surface area contributed by atoms with E-state index >= 15 is 0 Å². The van der Waals surface area contributed by atoms with Crippen LogP contribution in [0.4, 0.5) is 0 Å². The molecule has 4 aromatic rings. The number of phenols is 1. The van der Waals surface area contributed by atoms with Gasteiger partial charge in [0.15, 0.2) is 11.5 Å². The number of aromatic nitrogens is 2. The van der Waals surface area contributed by atoms with E-state index in [-0.39, 0.29) is 5.75 Å². The van der Waals surface area contributed by atoms with Crippen LogP contribution in [0.1, 0.15) is 36.8 Å². The van der Waals surface area contributed by atoms with Gasteiger partial charge < -0.3 is 19.5 Å². The Labute approximate surface area is 217 Å². The Morgan fingerprint density at radius 3 is 2.32 bits per heavy atom. The maximum Gasteiger partial charge on any atom is 0.161 e. The molecule has 1 aliphatic heterocycles. The topological polar surface area (TPSA) is 70.6 Å². The van der Waals surface area contributed by atoms with Gasteiger partial charge in [-0.3, -0.25) is 5.10 Å². The highest BCUT2D eigenvalue weighted by Crippen LogP contribution is 2.45. The van der Waals surface area contributed by atoms with Crippen LogP contribution in [-0.2, 0) is 6.42 Å². The van der Waals surface area contributed by atoms with E-state index in [4.69, 9.17) is 9.47 Å². The molecule has 1 saturated heterocycles. The number of likely N-dealkylation sites (tertiary alicyclic amines) is 1. The third kappa shape index (κ3) is 4.81. The molecule has 0 radical (unpaired) electrons. The van der Waals surface area contributed by atoms with Gasteiger partial charge in [0.1, 0.15) is 5.75 Å². The molecule has 0 unspecified atom stereocenters. The Kier molecular flexibility index (Phi) is 6.58. The second-order valence-corrected chi connectivity index (χ2v) is 9.99. The van der Waals surface area contributed by atoms with Crippen LogP contribution in [0.5, 0.6) is 17.2 Å². The standard InChI is InChI=1S/C31H33N3O3/c1-36-28-20-26-24(19-29(28)37-17-5-16-34-14-3-2-4-15-34)18-27-30(32-33-31(26)27)23-8-6-21(7-9-23)22-10-12-25(35)13-11-22/h6-13,19-20,35H,2-5,14-18H2,1H3,(H,32,33). The Hall–Kier alpha value is -3.77. The number of benzene rings is 3. The normalized spacial score (nSPS) is 14.8. The van der Waals surface area contributed by atoms with Crippen molar-refractivity contribution in [3.8, 4) is 50.9 Å². The monoisotopic (exact) mass is 495 g/mol. The summed E-state index contributed by atoms with van der Waals surface area (Å²) in [4.78, 5) is 2.55. The Bertz CT molecular complexity index is 1370. The third-order valence-corrected chi connectivity index (χ3v) is 7.58. The molecule has 0 saturated carbocycles. The number of H-pyrrole nitrogens is 1. The van der Waals surface area contributed by atoms with Crippen molar-refractivity contribution in [2.75, 3.05) is 33.4 Å². The molecule has 0 atom stereocenters. The molecule has 6 rings (SSSR count). The predicted molar refractivity (Wildman–Crippen MR) is 146 cm³/mol. The molecule has 0 spiro atoms. The van der Waals surface area contributed by atoms with Gasteiger partial charge in [-0.2, -0.15) is 5.10 Å². The van der Waals surface area contributed by atoms with Crippen LogP contribution in [0.25, 0.3) is 33.6 Å². The number of aromatic amines is 1. The van der Waals surface area contributed by atoms with Crippen molar-refractivity contribution >= 4 is 0 Å². The maximum absolute atomic E-state index is 9.56. The van der Waals surface area contributed by atoms with Crippen molar-refractivity contribution < 1.29 is 14.6 Å². The lowest BCUT2D eigenvalue weighted by Gasteiger charge is -2.26.